The molecule has 15 atom stereocenters. The van der Waals surface area contributed by atoms with Crippen LogP contribution in [0.25, 0.3) is 10.9 Å². The zero-order chi connectivity index (χ0) is 85.1. The van der Waals surface area contributed by atoms with Gasteiger partial charge in [0.15, 0.2) is 0 Å². The maximum Gasteiger partial charge on any atom is 0.327 e. The molecule has 0 unspecified atom stereocenters. The van der Waals surface area contributed by atoms with Gasteiger partial charge in [0, 0.05) is 54.3 Å². The second kappa shape index (κ2) is 47.6. The van der Waals surface area contributed by atoms with Crippen molar-refractivity contribution in [2.45, 2.75) is 182 Å². The molecule has 1 saturated heterocycles. The first-order chi connectivity index (χ1) is 55.3. The van der Waals surface area contributed by atoms with E-state index in [9.17, 15) is 83.1 Å². The number of carbonyl (C=O) groups is 15. The molecular formula is C76H104N18O20S2. The number of nitrogens with two attached hydrogens (primary N) is 4. The predicted molar refractivity (Wildman–Crippen MR) is 427 cm³/mol. The van der Waals surface area contributed by atoms with Crippen molar-refractivity contribution >= 4 is 121 Å². The van der Waals surface area contributed by atoms with E-state index in [-0.39, 0.29) is 75.8 Å². The molecule has 4 aromatic carbocycles. The van der Waals surface area contributed by atoms with Crippen molar-refractivity contribution in [3.63, 3.8) is 0 Å². The van der Waals surface area contributed by atoms with Crippen molar-refractivity contribution in [2.24, 2.45) is 22.9 Å². The molecule has 116 heavy (non-hydrogen) atoms. The van der Waals surface area contributed by atoms with E-state index >= 15 is 14.4 Å². The van der Waals surface area contributed by atoms with Gasteiger partial charge >= 0.3 is 5.97 Å². The third-order valence-electron chi connectivity index (χ3n) is 18.4. The number of fused-ring (bicyclic) bond motifs is 1. The largest absolute Gasteiger partial charge is 0.508 e. The number of aromatic amines is 1. The van der Waals surface area contributed by atoms with Crippen LogP contribution in [0.3, 0.4) is 0 Å². The highest BCUT2D eigenvalue weighted by atomic mass is 33.1. The number of aliphatic carboxylic acids is 1. The number of hydrogen-bond acceptors (Lipinski definition) is 24. The number of primary amides is 1. The van der Waals surface area contributed by atoms with Crippen molar-refractivity contribution in [2.75, 3.05) is 37.7 Å². The van der Waals surface area contributed by atoms with Crippen molar-refractivity contribution in [1.82, 2.24) is 74.1 Å². The number of phenolic OH excluding ortho intramolecular Hbond substituents is 1. The predicted octanol–water partition coefficient (Wildman–Crippen LogP) is -5.21. The van der Waals surface area contributed by atoms with Crippen molar-refractivity contribution in [1.29, 1.82) is 0 Å². The molecule has 40 heteroatoms. The molecule has 14 amide bonds. The molecule has 630 valence electrons. The number of nitrogens with one attached hydrogen (secondary N) is 14. The molecule has 0 spiro atoms. The summed E-state index contributed by atoms with van der Waals surface area (Å²) in [6.07, 6.45) is -3.78. The van der Waals surface area contributed by atoms with Crippen LogP contribution in [-0.4, -0.2) is 248 Å². The van der Waals surface area contributed by atoms with Crippen LogP contribution >= 0.6 is 21.6 Å². The average Bonchev–Trinajstić information content (AvgIpc) is 1.51. The number of aliphatic hydroxyl groups is 3. The summed E-state index contributed by atoms with van der Waals surface area (Å²) in [6, 6.07) is 6.37. The Morgan fingerprint density at radius 3 is 1.37 bits per heavy atom. The summed E-state index contributed by atoms with van der Waals surface area (Å²) < 4.78 is 0. The van der Waals surface area contributed by atoms with E-state index in [0.29, 0.717) is 34.0 Å². The fourth-order valence-electron chi connectivity index (χ4n) is 12.0. The lowest BCUT2D eigenvalue weighted by Crippen LogP contribution is -2.63. The van der Waals surface area contributed by atoms with Crippen LogP contribution in [-0.2, 0) is 97.6 Å². The molecule has 0 aliphatic carbocycles. The Kier molecular flexibility index (Phi) is 38.4. The summed E-state index contributed by atoms with van der Waals surface area (Å²) in [5.41, 5.74) is 25.4. The number of unbranched alkanes of at least 4 members (excludes halogenated alkanes) is 2. The minimum atomic E-state index is -2.03. The SMILES string of the molecule is C[C@H](N)C(=O)NCC(=O)N[C@H]1CSSC[C@@H](C(=O)O)NC(=O)[C@H](CO)NC(=O)[C@H]([C@@H](C)O)NC(=O)[C@H](Cc2ccc(O)cc2)NC(=O)[C@H]([C@@H](C)O)NC(=O)[C@H](CCCCN)NC(=O)[C@@H](Cc2c[nH]c3ccccc23)NC(=O)[C@H](Cc2ccccc2)NC(=O)[C@H](Cc2ccccc2)NC(=O)[C@H](CC(N)=O)NC(=O)[C@H](CCCCN)NC1=O. The highest BCUT2D eigenvalue weighted by Gasteiger charge is 2.40. The Bertz CT molecular complexity index is 4180. The van der Waals surface area contributed by atoms with Crippen LogP contribution in [0.4, 0.5) is 0 Å². The fourth-order valence-corrected chi connectivity index (χ4v) is 14.3. The number of hydrogen-bond donors (Lipinski definition) is 23. The van der Waals surface area contributed by atoms with Crippen molar-refractivity contribution < 1.29 is 97.5 Å². The van der Waals surface area contributed by atoms with E-state index in [1.807, 2.05) is 0 Å². The van der Waals surface area contributed by atoms with E-state index < -0.39 is 217 Å². The molecule has 0 saturated carbocycles. The van der Waals surface area contributed by atoms with E-state index in [1.54, 1.807) is 91.1 Å². The van der Waals surface area contributed by atoms with Gasteiger partial charge in [-0.15, -0.1) is 0 Å². The van der Waals surface area contributed by atoms with Crippen LogP contribution in [0.15, 0.2) is 115 Å². The number of para-hydroxylation sites is 1. The number of carboxylic acids is 1. The maximum absolute atomic E-state index is 15.4. The van der Waals surface area contributed by atoms with Crippen LogP contribution in [0.2, 0.25) is 0 Å². The third-order valence-corrected chi connectivity index (χ3v) is 20.8. The number of benzene rings is 4. The third kappa shape index (κ3) is 30.5. The zero-order valence-electron chi connectivity index (χ0n) is 64.1. The number of carboxylic acid groups (broad SMARTS) is 1. The van der Waals surface area contributed by atoms with Crippen LogP contribution in [0.1, 0.15) is 88.0 Å². The van der Waals surface area contributed by atoms with Crippen LogP contribution < -0.4 is 92.1 Å². The molecule has 5 aromatic rings. The van der Waals surface area contributed by atoms with Gasteiger partial charge in [0.1, 0.15) is 78.3 Å². The van der Waals surface area contributed by atoms with Gasteiger partial charge in [-0.2, -0.15) is 0 Å². The first-order valence-electron chi connectivity index (χ1n) is 37.5. The highest BCUT2D eigenvalue weighted by molar-refractivity contribution is 8.76. The quantitative estimate of drug-likeness (QED) is 0.0182. The molecule has 1 fully saturated rings. The Labute approximate surface area is 675 Å². The second-order valence-corrected chi connectivity index (χ2v) is 30.3. The summed E-state index contributed by atoms with van der Waals surface area (Å²) in [7, 11) is 1.47. The van der Waals surface area contributed by atoms with E-state index in [4.69, 9.17) is 22.9 Å². The van der Waals surface area contributed by atoms with Gasteiger partial charge in [-0.25, -0.2) is 4.79 Å². The summed E-state index contributed by atoms with van der Waals surface area (Å²) in [5.74, 6) is -18.2. The minimum absolute atomic E-state index is 0.0986. The number of carbonyl (C=O) groups excluding carboxylic acids is 14. The molecule has 1 aliphatic heterocycles. The Balaban J connectivity index is 1.47. The molecule has 6 rings (SSSR count). The monoisotopic (exact) mass is 1650 g/mol. The number of amides is 14. The van der Waals surface area contributed by atoms with Gasteiger partial charge in [-0.05, 0) is 113 Å². The maximum atomic E-state index is 15.4. The highest BCUT2D eigenvalue weighted by Crippen LogP contribution is 2.25. The van der Waals surface area contributed by atoms with Gasteiger partial charge in [-0.3, -0.25) is 67.1 Å². The summed E-state index contributed by atoms with van der Waals surface area (Å²) in [4.78, 5) is 217. The van der Waals surface area contributed by atoms with Crippen molar-refractivity contribution in [3.05, 3.63) is 138 Å². The molecule has 0 radical (unpaired) electrons. The standard InChI is InChI=1S/C76H104N18O20S2/c1-40(79)64(101)82-36-61(100)83-58-38-115-116-39-59(76(113)114)92-72(109)57(37-95)91-75(112)63(42(3)97)94-71(108)54(32-45-24-26-47(98)27-25-45)90-74(111)62(41(2)96)93-66(103)51(23-13-15-29-78)84-69(106)55(33-46-35-81-49-21-11-10-20-48(46)49)88-68(105)53(31-44-18-8-5-9-19-44)86-67(104)52(30-43-16-6-4-7-17-43)87-70(107)56(34-60(80)99)89-65(102)50(85-73(58)110)22-12-14-28-77/h4-11,16-21,24-27,35,40-42,50-59,62-63,81,95-98H,12-15,22-23,28-34,36-39,77-79H2,1-3H3,(H2,80,99)(H,82,101)(H,83,100)(H,84,106)(H,85,110)(H,86,104)(H,87,107)(H,88,105)(H,89,102)(H,90,111)(H,91,112)(H,92,109)(H,93,103)(H,94,108)(H,113,114)/t40-,41+,42+,50-,51-,52-,53-,54-,55+,56-,57-,58-,59-,62-,63-/m0/s1. The smallest absolute Gasteiger partial charge is 0.327 e. The topological polar surface area (TPSA) is 633 Å². The number of aromatic hydroxyl groups is 1. The first-order valence-corrected chi connectivity index (χ1v) is 40.0. The summed E-state index contributed by atoms with van der Waals surface area (Å²) in [5, 5.41) is 86.0. The summed E-state index contributed by atoms with van der Waals surface area (Å²) in [6.45, 7) is 1.77. The van der Waals surface area contributed by atoms with E-state index in [0.717, 1.165) is 35.4 Å². The molecule has 0 bridgehead atoms. The number of aliphatic hydroxyl groups excluding tert-OH is 3. The number of phenols is 1. The normalized spacial score (nSPS) is 23.6. The van der Waals surface area contributed by atoms with Gasteiger partial charge in [-0.1, -0.05) is 113 Å². The molecule has 2 heterocycles. The Hall–Kier alpha value is -11.3. The second-order valence-electron chi connectivity index (χ2n) is 27.8. The van der Waals surface area contributed by atoms with E-state index in [1.165, 1.54) is 31.2 Å². The summed E-state index contributed by atoms with van der Waals surface area (Å²) >= 11 is 0. The molecule has 38 nitrogen and oxygen atoms in total. The fraction of sp³-hybridized carbons (Fsp3) is 0.461. The lowest BCUT2D eigenvalue weighted by molar-refractivity contribution is -0.142. The molecular weight excluding hydrogens is 1550 g/mol. The minimum Gasteiger partial charge on any atom is -0.508 e. The average molecular weight is 1650 g/mol. The molecule has 27 N–H and O–H groups in total. The number of aromatic nitrogens is 1. The lowest BCUT2D eigenvalue weighted by Gasteiger charge is -2.29. The lowest BCUT2D eigenvalue weighted by atomic mass is 10.00. The molecule has 1 aromatic heterocycles. The first kappa shape index (κ1) is 93.6. The van der Waals surface area contributed by atoms with Gasteiger partial charge in [0.2, 0.25) is 82.7 Å². The zero-order valence-corrected chi connectivity index (χ0v) is 65.8. The van der Waals surface area contributed by atoms with Crippen LogP contribution in [0.5, 0.6) is 5.75 Å². The number of rotatable bonds is 26. The van der Waals surface area contributed by atoms with E-state index in [2.05, 4.69) is 74.1 Å². The van der Waals surface area contributed by atoms with Gasteiger partial charge < -0.3 is 123 Å². The van der Waals surface area contributed by atoms with Crippen molar-refractivity contribution in [3.8, 4) is 5.75 Å². The van der Waals surface area contributed by atoms with Crippen LogP contribution in [0, 0.1) is 0 Å². The van der Waals surface area contributed by atoms with Gasteiger partial charge in [0.25, 0.3) is 0 Å². The number of H-pyrrole nitrogens is 1. The Morgan fingerprint density at radius 1 is 0.483 bits per heavy atom. The molecule has 1 aliphatic rings. The van der Waals surface area contributed by atoms with Gasteiger partial charge in [0.05, 0.1) is 37.8 Å². The Morgan fingerprint density at radius 2 is 0.888 bits per heavy atom.